The number of nitrogens with zero attached hydrogens (tertiary/aromatic N) is 1. The van der Waals surface area contributed by atoms with Gasteiger partial charge in [0, 0.05) is 25.8 Å². The van der Waals surface area contributed by atoms with Crippen LogP contribution in [0.3, 0.4) is 0 Å². The minimum Gasteiger partial charge on any atom is -0.493 e. The fraction of sp³-hybridized carbons (Fsp3) is 0.625. The summed E-state index contributed by atoms with van der Waals surface area (Å²) in [6.07, 6.45) is 7.80. The highest BCUT2D eigenvalue weighted by Crippen LogP contribution is 2.39. The van der Waals surface area contributed by atoms with E-state index in [2.05, 4.69) is 56.3 Å². The number of carbonyl (C=O) groups excluding carboxylic acids is 6. The Hall–Kier alpha value is -5.72. The number of carbonyl (C=O) groups is 6. The molecular weight excluding hydrogens is 815 g/mol. The number of unbranched alkanes of at least 4 members (excludes halogenated alkanes) is 9. The van der Waals surface area contributed by atoms with Gasteiger partial charge in [0.1, 0.15) is 0 Å². The first-order valence-corrected chi connectivity index (χ1v) is 21.7. The second-order valence-electron chi connectivity index (χ2n) is 14.6. The molecule has 0 aliphatic carbocycles. The zero-order valence-electron chi connectivity index (χ0n) is 38.4. The van der Waals surface area contributed by atoms with Gasteiger partial charge in [-0.25, -0.2) is 9.59 Å². The lowest BCUT2D eigenvalue weighted by Gasteiger charge is -2.29. The van der Waals surface area contributed by atoms with Gasteiger partial charge in [0.25, 0.3) is 0 Å². The Bertz CT molecular complexity index is 1720. The maximum absolute atomic E-state index is 13.9. The molecular formula is C48H67NO14. The summed E-state index contributed by atoms with van der Waals surface area (Å²) in [5.74, 6) is 10.6. The van der Waals surface area contributed by atoms with Gasteiger partial charge in [0.2, 0.25) is 11.4 Å². The van der Waals surface area contributed by atoms with Crippen molar-refractivity contribution in [3.8, 4) is 52.8 Å². The van der Waals surface area contributed by atoms with Crippen LogP contribution in [-0.2, 0) is 47.7 Å². The van der Waals surface area contributed by atoms with Crippen molar-refractivity contribution in [2.75, 3.05) is 61.3 Å². The molecule has 1 aromatic rings. The molecule has 0 radical (unpaired) electrons. The lowest BCUT2D eigenvalue weighted by molar-refractivity contribution is -0.190. The zero-order chi connectivity index (χ0) is 46.7. The molecule has 0 spiro atoms. The lowest BCUT2D eigenvalue weighted by atomic mass is 9.94. The summed E-state index contributed by atoms with van der Waals surface area (Å²) in [5.41, 5.74) is -2.50. The van der Waals surface area contributed by atoms with Crippen LogP contribution in [0.2, 0.25) is 0 Å². The maximum atomic E-state index is 13.9. The highest BCUT2D eigenvalue weighted by atomic mass is 16.6. The number of methoxy groups -OCH3 is 2. The third-order valence-corrected chi connectivity index (χ3v) is 8.95. The van der Waals surface area contributed by atoms with Crippen molar-refractivity contribution in [1.29, 1.82) is 0 Å². The second-order valence-corrected chi connectivity index (χ2v) is 14.6. The van der Waals surface area contributed by atoms with Gasteiger partial charge in [-0.2, -0.15) is 0 Å². The minimum absolute atomic E-state index is 0.0333. The van der Waals surface area contributed by atoms with Crippen LogP contribution in [0.1, 0.15) is 140 Å². The summed E-state index contributed by atoms with van der Waals surface area (Å²) in [6, 6.07) is 2.63. The molecule has 0 unspecified atom stereocenters. The van der Waals surface area contributed by atoms with E-state index < -0.39 is 73.7 Å². The molecule has 1 rings (SSSR count). The van der Waals surface area contributed by atoms with E-state index in [1.807, 2.05) is 19.0 Å². The maximum Gasteiger partial charge on any atom is 0.352 e. The van der Waals surface area contributed by atoms with E-state index in [4.69, 9.17) is 37.9 Å². The number of esters is 6. The van der Waals surface area contributed by atoms with Crippen LogP contribution in [0.15, 0.2) is 12.1 Å². The van der Waals surface area contributed by atoms with Crippen LogP contribution < -0.4 is 14.2 Å². The molecule has 0 amide bonds. The highest BCUT2D eigenvalue weighted by molar-refractivity contribution is 5.93. The predicted octanol–water partition coefficient (Wildman–Crippen LogP) is 6.94. The molecule has 0 heterocycles. The summed E-state index contributed by atoms with van der Waals surface area (Å²) in [7, 11) is 6.39. The molecule has 0 bridgehead atoms. The van der Waals surface area contributed by atoms with Crippen molar-refractivity contribution >= 4 is 35.8 Å². The summed E-state index contributed by atoms with van der Waals surface area (Å²) in [6.45, 7) is 6.01. The number of rotatable bonds is 29. The molecule has 1 aromatic carbocycles. The molecule has 0 saturated carbocycles. The molecule has 0 aliphatic heterocycles. The normalized spacial score (nSPS) is 10.4. The van der Waals surface area contributed by atoms with Crippen molar-refractivity contribution in [3.05, 3.63) is 17.7 Å². The van der Waals surface area contributed by atoms with E-state index in [1.54, 1.807) is 0 Å². The average Bonchev–Trinajstić information content (AvgIpc) is 3.25. The Morgan fingerprint density at radius 1 is 0.571 bits per heavy atom. The van der Waals surface area contributed by atoms with Crippen LogP contribution in [0.25, 0.3) is 0 Å². The van der Waals surface area contributed by atoms with Crippen molar-refractivity contribution in [3.63, 3.8) is 0 Å². The van der Waals surface area contributed by atoms with Gasteiger partial charge in [-0.15, -0.1) is 0 Å². The molecule has 15 heteroatoms. The molecule has 348 valence electrons. The monoisotopic (exact) mass is 881 g/mol. The van der Waals surface area contributed by atoms with Gasteiger partial charge in [-0.1, -0.05) is 94.8 Å². The topological polar surface area (TPSA) is 179 Å². The predicted molar refractivity (Wildman–Crippen MR) is 235 cm³/mol. The summed E-state index contributed by atoms with van der Waals surface area (Å²) >= 11 is 0. The number of ether oxygens (including phenoxy) is 8. The molecule has 0 N–H and O–H groups in total. The van der Waals surface area contributed by atoms with Gasteiger partial charge < -0.3 is 42.8 Å². The van der Waals surface area contributed by atoms with Gasteiger partial charge in [-0.05, 0) is 51.9 Å². The SMILES string of the molecule is CCCCCC#CCOC(=O)CC(CC(=O)OCC#CCCCCC)(OC(=O)CCC(=O)Oc1c(OC)cc(C(=O)OCCCN(C)C)cc1OC)C(=O)OCC#CCCCCC. The van der Waals surface area contributed by atoms with Crippen molar-refractivity contribution in [2.24, 2.45) is 0 Å². The molecule has 63 heavy (non-hydrogen) atoms. The van der Waals surface area contributed by atoms with Crippen molar-refractivity contribution in [2.45, 2.75) is 136 Å². The van der Waals surface area contributed by atoms with Gasteiger partial charge in [0.15, 0.2) is 31.3 Å². The first-order valence-electron chi connectivity index (χ1n) is 21.7. The number of hydrogen-bond donors (Lipinski definition) is 0. The second kappa shape index (κ2) is 33.8. The quantitative estimate of drug-likeness (QED) is 0.0265. The Labute approximate surface area is 373 Å². The Balaban J connectivity index is 3.35. The van der Waals surface area contributed by atoms with E-state index in [0.717, 1.165) is 57.8 Å². The summed E-state index contributed by atoms with van der Waals surface area (Å²) in [5, 5.41) is 0. The van der Waals surface area contributed by atoms with Crippen LogP contribution in [0, 0.1) is 35.5 Å². The Morgan fingerprint density at radius 2 is 1.03 bits per heavy atom. The van der Waals surface area contributed by atoms with E-state index in [9.17, 15) is 28.8 Å². The Morgan fingerprint density at radius 3 is 1.48 bits per heavy atom. The summed E-state index contributed by atoms with van der Waals surface area (Å²) in [4.78, 5) is 81.8. The third-order valence-electron chi connectivity index (χ3n) is 8.95. The number of benzene rings is 1. The van der Waals surface area contributed by atoms with Crippen molar-refractivity contribution in [1.82, 2.24) is 4.90 Å². The fourth-order valence-electron chi connectivity index (χ4n) is 5.53. The molecule has 0 atom stereocenters. The molecule has 15 nitrogen and oxygen atoms in total. The smallest absolute Gasteiger partial charge is 0.352 e. The van der Waals surface area contributed by atoms with Crippen LogP contribution in [-0.4, -0.2) is 108 Å². The third kappa shape index (κ3) is 24.5. The van der Waals surface area contributed by atoms with Crippen LogP contribution in [0.4, 0.5) is 0 Å². The van der Waals surface area contributed by atoms with E-state index in [-0.39, 0.29) is 42.6 Å². The largest absolute Gasteiger partial charge is 0.493 e. The zero-order valence-corrected chi connectivity index (χ0v) is 38.4. The van der Waals surface area contributed by atoms with E-state index in [1.165, 1.54) is 26.4 Å². The summed E-state index contributed by atoms with van der Waals surface area (Å²) < 4.78 is 43.2. The standard InChI is InChI=1S/C48H67NO14/c1-8-11-14-17-20-23-30-58-43(52)36-48(47(55)61-32-25-22-19-16-13-10-3,37-44(53)59-31-24-21-18-15-12-9-2)63-42(51)28-27-41(50)62-45-39(56-6)34-38(35-40(45)57-7)46(54)60-33-26-29-49(4)5/h34-35H,8-19,26-33,36-37H2,1-7H3. The Kier molecular flexibility index (Phi) is 29.7. The average molecular weight is 882 g/mol. The van der Waals surface area contributed by atoms with Crippen LogP contribution in [0.5, 0.6) is 17.2 Å². The van der Waals surface area contributed by atoms with Crippen LogP contribution >= 0.6 is 0 Å². The molecule has 0 saturated heterocycles. The molecule has 0 aromatic heterocycles. The first kappa shape index (κ1) is 55.3. The number of hydrogen-bond acceptors (Lipinski definition) is 15. The minimum atomic E-state index is -2.58. The van der Waals surface area contributed by atoms with Crippen molar-refractivity contribution < 1.29 is 66.7 Å². The van der Waals surface area contributed by atoms with Gasteiger partial charge in [-0.3, -0.25) is 19.2 Å². The first-order chi connectivity index (χ1) is 30.4. The fourth-order valence-corrected chi connectivity index (χ4v) is 5.53. The van der Waals surface area contributed by atoms with E-state index >= 15 is 0 Å². The molecule has 0 fully saturated rings. The lowest BCUT2D eigenvalue weighted by Crippen LogP contribution is -2.48. The highest BCUT2D eigenvalue weighted by Gasteiger charge is 2.49. The molecule has 0 aliphatic rings. The van der Waals surface area contributed by atoms with Gasteiger partial charge in [0.05, 0.1) is 52.1 Å². The van der Waals surface area contributed by atoms with Gasteiger partial charge >= 0.3 is 35.8 Å². The van der Waals surface area contributed by atoms with E-state index in [0.29, 0.717) is 32.2 Å².